The van der Waals surface area contributed by atoms with Crippen LogP contribution in [0.4, 0.5) is 10.3 Å². The van der Waals surface area contributed by atoms with Crippen LogP contribution < -0.4 is 11.1 Å². The van der Waals surface area contributed by atoms with E-state index in [0.717, 1.165) is 36.9 Å². The Morgan fingerprint density at radius 1 is 1.16 bits per heavy atom. The molecule has 0 aromatic carbocycles. The van der Waals surface area contributed by atoms with E-state index in [9.17, 15) is 4.39 Å². The standard InChI is InChI=1S/C18H21FN6/c1-11-2-7-16-21-9-15(25(16)10-11)17-14(19)8-22-18(24-17)23-13-5-3-12(20)4-6-13/h2,7-10,12-13H,3-6,20H2,1H3,(H,22,23,24). The molecule has 7 heteroatoms. The number of imidazole rings is 1. The van der Waals surface area contributed by atoms with Gasteiger partial charge in [-0.2, -0.15) is 0 Å². The molecule has 130 valence electrons. The molecule has 3 heterocycles. The third-order valence-corrected chi connectivity index (χ3v) is 4.75. The molecule has 1 aliphatic rings. The van der Waals surface area contributed by atoms with Gasteiger partial charge in [0.1, 0.15) is 11.3 Å². The zero-order chi connectivity index (χ0) is 17.4. The summed E-state index contributed by atoms with van der Waals surface area (Å²) < 4.78 is 16.2. The van der Waals surface area contributed by atoms with Gasteiger partial charge in [-0.05, 0) is 44.2 Å². The second kappa shape index (κ2) is 6.40. The second-order valence-corrected chi connectivity index (χ2v) is 6.72. The van der Waals surface area contributed by atoms with Crippen molar-refractivity contribution in [2.75, 3.05) is 5.32 Å². The van der Waals surface area contributed by atoms with Gasteiger partial charge >= 0.3 is 0 Å². The average Bonchev–Trinajstić information content (AvgIpc) is 3.01. The normalized spacial score (nSPS) is 20.8. The van der Waals surface area contributed by atoms with Gasteiger partial charge in [0.25, 0.3) is 0 Å². The van der Waals surface area contributed by atoms with E-state index in [1.165, 1.54) is 6.20 Å². The molecule has 3 aromatic rings. The van der Waals surface area contributed by atoms with Crippen molar-refractivity contribution in [2.45, 2.75) is 44.7 Å². The lowest BCUT2D eigenvalue weighted by Gasteiger charge is -2.26. The summed E-state index contributed by atoms with van der Waals surface area (Å²) in [5.41, 5.74) is 8.64. The van der Waals surface area contributed by atoms with Crippen molar-refractivity contribution in [3.8, 4) is 11.4 Å². The molecule has 1 aliphatic carbocycles. The number of aromatic nitrogens is 4. The van der Waals surface area contributed by atoms with Gasteiger partial charge in [-0.15, -0.1) is 0 Å². The summed E-state index contributed by atoms with van der Waals surface area (Å²) in [6, 6.07) is 4.44. The maximum Gasteiger partial charge on any atom is 0.223 e. The molecule has 0 atom stereocenters. The number of aryl methyl sites for hydroxylation is 1. The minimum atomic E-state index is -0.459. The van der Waals surface area contributed by atoms with Gasteiger partial charge in [0.2, 0.25) is 5.95 Å². The highest BCUT2D eigenvalue weighted by Crippen LogP contribution is 2.25. The van der Waals surface area contributed by atoms with Crippen molar-refractivity contribution < 1.29 is 4.39 Å². The van der Waals surface area contributed by atoms with Crippen LogP contribution in [0.25, 0.3) is 17.0 Å². The summed E-state index contributed by atoms with van der Waals surface area (Å²) in [4.78, 5) is 12.9. The van der Waals surface area contributed by atoms with Crippen molar-refractivity contribution in [3.63, 3.8) is 0 Å². The summed E-state index contributed by atoms with van der Waals surface area (Å²) in [7, 11) is 0. The van der Waals surface area contributed by atoms with Crippen molar-refractivity contribution in [3.05, 3.63) is 42.1 Å². The van der Waals surface area contributed by atoms with E-state index >= 15 is 0 Å². The zero-order valence-electron chi connectivity index (χ0n) is 14.1. The molecule has 0 saturated heterocycles. The van der Waals surface area contributed by atoms with Gasteiger partial charge in [0.15, 0.2) is 5.82 Å². The van der Waals surface area contributed by atoms with Crippen LogP contribution in [-0.4, -0.2) is 31.4 Å². The fourth-order valence-corrected chi connectivity index (χ4v) is 3.32. The van der Waals surface area contributed by atoms with Crippen LogP contribution in [0.1, 0.15) is 31.2 Å². The van der Waals surface area contributed by atoms with Crippen molar-refractivity contribution >= 4 is 11.6 Å². The lowest BCUT2D eigenvalue weighted by atomic mass is 9.92. The summed E-state index contributed by atoms with van der Waals surface area (Å²) in [6.07, 6.45) is 8.71. The fourth-order valence-electron chi connectivity index (χ4n) is 3.32. The van der Waals surface area contributed by atoms with Crippen LogP contribution in [0, 0.1) is 12.7 Å². The van der Waals surface area contributed by atoms with Gasteiger partial charge in [0.05, 0.1) is 18.1 Å². The molecule has 6 nitrogen and oxygen atoms in total. The summed E-state index contributed by atoms with van der Waals surface area (Å²) in [5, 5.41) is 3.32. The Balaban J connectivity index is 1.66. The highest BCUT2D eigenvalue weighted by molar-refractivity contribution is 5.61. The SMILES string of the molecule is Cc1ccc2ncc(-c3nc(NC4CCC(N)CC4)ncc3F)n2c1. The Morgan fingerprint density at radius 2 is 1.96 bits per heavy atom. The van der Waals surface area contributed by atoms with Crippen molar-refractivity contribution in [1.82, 2.24) is 19.4 Å². The number of fused-ring (bicyclic) bond motifs is 1. The quantitative estimate of drug-likeness (QED) is 0.766. The molecule has 1 fully saturated rings. The molecule has 25 heavy (non-hydrogen) atoms. The number of halogens is 1. The van der Waals surface area contributed by atoms with Gasteiger partial charge < -0.3 is 11.1 Å². The lowest BCUT2D eigenvalue weighted by molar-refractivity contribution is 0.409. The molecule has 0 bridgehead atoms. The zero-order valence-corrected chi connectivity index (χ0v) is 14.1. The fraction of sp³-hybridized carbons (Fsp3) is 0.389. The first-order valence-electron chi connectivity index (χ1n) is 8.59. The number of hydrogen-bond donors (Lipinski definition) is 2. The Kier molecular flexibility index (Phi) is 4.09. The number of anilines is 1. The number of nitrogens with two attached hydrogens (primary N) is 1. The molecular weight excluding hydrogens is 319 g/mol. The minimum Gasteiger partial charge on any atom is -0.351 e. The van der Waals surface area contributed by atoms with Gasteiger partial charge in [-0.1, -0.05) is 6.07 Å². The summed E-state index contributed by atoms with van der Waals surface area (Å²) in [6.45, 7) is 1.99. The third kappa shape index (κ3) is 3.19. The monoisotopic (exact) mass is 340 g/mol. The third-order valence-electron chi connectivity index (χ3n) is 4.75. The molecule has 4 rings (SSSR count). The largest absolute Gasteiger partial charge is 0.351 e. The van der Waals surface area contributed by atoms with Gasteiger partial charge in [-0.25, -0.2) is 19.3 Å². The van der Waals surface area contributed by atoms with E-state index in [0.29, 0.717) is 11.6 Å². The molecule has 0 radical (unpaired) electrons. The van der Waals surface area contributed by atoms with Crippen LogP contribution in [0.15, 0.2) is 30.7 Å². The molecule has 0 amide bonds. The van der Waals surface area contributed by atoms with Crippen molar-refractivity contribution in [2.24, 2.45) is 5.73 Å². The predicted octanol–water partition coefficient (Wildman–Crippen LogP) is 2.92. The first-order valence-corrected chi connectivity index (χ1v) is 8.59. The average molecular weight is 340 g/mol. The molecular formula is C18H21FN6. The van der Waals surface area contributed by atoms with Crippen LogP contribution in [0.5, 0.6) is 0 Å². The molecule has 3 aromatic heterocycles. The summed E-state index contributed by atoms with van der Waals surface area (Å²) in [5.74, 6) is -0.0148. The first kappa shape index (κ1) is 16.0. The van der Waals surface area contributed by atoms with Crippen molar-refractivity contribution in [1.29, 1.82) is 0 Å². The highest BCUT2D eigenvalue weighted by Gasteiger charge is 2.20. The molecule has 1 saturated carbocycles. The van der Waals surface area contributed by atoms with Gasteiger partial charge in [0, 0.05) is 18.3 Å². The van der Waals surface area contributed by atoms with E-state index in [-0.39, 0.29) is 17.8 Å². The van der Waals surface area contributed by atoms with E-state index in [4.69, 9.17) is 5.73 Å². The molecule has 0 aliphatic heterocycles. The summed E-state index contributed by atoms with van der Waals surface area (Å²) >= 11 is 0. The number of rotatable bonds is 3. The molecule has 0 unspecified atom stereocenters. The number of nitrogens with one attached hydrogen (secondary N) is 1. The minimum absolute atomic E-state index is 0.253. The van der Waals surface area contributed by atoms with Crippen LogP contribution in [0.2, 0.25) is 0 Å². The van der Waals surface area contributed by atoms with Crippen LogP contribution in [-0.2, 0) is 0 Å². The Bertz CT molecular complexity index is 898. The second-order valence-electron chi connectivity index (χ2n) is 6.72. The maximum atomic E-state index is 14.4. The first-order chi connectivity index (χ1) is 12.1. The van der Waals surface area contributed by atoms with Crippen LogP contribution >= 0.6 is 0 Å². The van der Waals surface area contributed by atoms with E-state index in [1.54, 1.807) is 6.20 Å². The number of hydrogen-bond acceptors (Lipinski definition) is 5. The van der Waals surface area contributed by atoms with E-state index < -0.39 is 5.82 Å². The topological polar surface area (TPSA) is 81.1 Å². The molecule has 3 N–H and O–H groups in total. The number of pyridine rings is 1. The highest BCUT2D eigenvalue weighted by atomic mass is 19.1. The van der Waals surface area contributed by atoms with Gasteiger partial charge in [-0.3, -0.25) is 4.40 Å². The smallest absolute Gasteiger partial charge is 0.223 e. The van der Waals surface area contributed by atoms with Crippen LogP contribution in [0.3, 0.4) is 0 Å². The van der Waals surface area contributed by atoms with E-state index in [1.807, 2.05) is 29.7 Å². The Hall–Kier alpha value is -2.54. The lowest BCUT2D eigenvalue weighted by Crippen LogP contribution is -2.33. The Morgan fingerprint density at radius 3 is 2.76 bits per heavy atom. The Labute approximate surface area is 145 Å². The molecule has 0 spiro atoms. The predicted molar refractivity (Wildman–Crippen MR) is 94.8 cm³/mol. The number of nitrogens with zero attached hydrogens (tertiary/aromatic N) is 4. The maximum absolute atomic E-state index is 14.4. The van der Waals surface area contributed by atoms with E-state index in [2.05, 4.69) is 20.3 Å².